The third-order valence-electron chi connectivity index (χ3n) is 5.56. The molecule has 11 heteroatoms. The van der Waals surface area contributed by atoms with Gasteiger partial charge in [0.2, 0.25) is 0 Å². The monoisotopic (exact) mass is 514 g/mol. The maximum Gasteiger partial charge on any atom is 0.305 e. The second-order valence-electron chi connectivity index (χ2n) is 8.09. The second kappa shape index (κ2) is 9.93. The third-order valence-corrected chi connectivity index (χ3v) is 7.04. The van der Waals surface area contributed by atoms with Gasteiger partial charge in [0.1, 0.15) is 5.76 Å². The summed E-state index contributed by atoms with van der Waals surface area (Å²) in [5.74, 6) is -0.603. The number of fused-ring (bicyclic) bond motifs is 1. The van der Waals surface area contributed by atoms with Gasteiger partial charge in [-0.1, -0.05) is 29.3 Å². The van der Waals surface area contributed by atoms with Crippen molar-refractivity contribution in [3.05, 3.63) is 87.3 Å². The number of furan rings is 1. The number of carbonyl (C=O) groups excluding carboxylic acids is 2. The highest BCUT2D eigenvalue weighted by molar-refractivity contribution is 7.89. The summed E-state index contributed by atoms with van der Waals surface area (Å²) in [6, 6.07) is 12.6. The van der Waals surface area contributed by atoms with E-state index in [1.165, 1.54) is 24.3 Å². The molecule has 0 unspecified atom stereocenters. The summed E-state index contributed by atoms with van der Waals surface area (Å²) in [4.78, 5) is 27.4. The zero-order chi connectivity index (χ0) is 25.2. The first kappa shape index (κ1) is 24.5. The number of nitrogens with zero attached hydrogens (tertiary/aromatic N) is 1. The summed E-state index contributed by atoms with van der Waals surface area (Å²) in [5.41, 5.74) is 7.52. The summed E-state index contributed by atoms with van der Waals surface area (Å²) >= 11 is 5.83. The number of hydrogen-bond donors (Lipinski definition) is 3. The van der Waals surface area contributed by atoms with Gasteiger partial charge in [-0.2, -0.15) is 18.4 Å². The molecule has 1 aliphatic rings. The molecule has 2 amide bonds. The first-order valence-electron chi connectivity index (χ1n) is 10.8. The van der Waals surface area contributed by atoms with Crippen LogP contribution >= 0.6 is 11.6 Å². The molecule has 182 valence electrons. The molecule has 1 heterocycles. The topological polar surface area (TPSA) is 130 Å². The van der Waals surface area contributed by atoms with E-state index in [9.17, 15) is 18.0 Å². The van der Waals surface area contributed by atoms with Crippen LogP contribution in [0.15, 0.2) is 62.9 Å². The van der Waals surface area contributed by atoms with Crippen LogP contribution in [0, 0.1) is 13.8 Å². The van der Waals surface area contributed by atoms with Gasteiger partial charge in [-0.25, -0.2) is 0 Å². The first-order chi connectivity index (χ1) is 16.7. The number of amides is 2. The fraction of sp³-hybridized carbons (Fsp3) is 0.208. The lowest BCUT2D eigenvalue weighted by atomic mass is 9.93. The molecule has 3 aromatic rings. The largest absolute Gasteiger partial charge is 0.455 e. The minimum absolute atomic E-state index is 0.0161. The molecule has 1 aromatic heterocycles. The van der Waals surface area contributed by atoms with Gasteiger partial charge in [-0.05, 0) is 63.1 Å². The van der Waals surface area contributed by atoms with Gasteiger partial charge in [-0.3, -0.25) is 20.4 Å². The van der Waals surface area contributed by atoms with Crippen molar-refractivity contribution in [2.24, 2.45) is 5.10 Å². The van der Waals surface area contributed by atoms with E-state index in [2.05, 4.69) is 20.8 Å². The highest BCUT2D eigenvalue weighted by Crippen LogP contribution is 2.30. The van der Waals surface area contributed by atoms with Crippen molar-refractivity contribution in [2.45, 2.75) is 38.0 Å². The Morgan fingerprint density at radius 2 is 1.60 bits per heavy atom. The Morgan fingerprint density at radius 3 is 2.29 bits per heavy atom. The second-order valence-corrected chi connectivity index (χ2v) is 10.2. The molecule has 0 atom stereocenters. The molecule has 2 aromatic carbocycles. The van der Waals surface area contributed by atoms with Crippen molar-refractivity contribution in [3.8, 4) is 0 Å². The van der Waals surface area contributed by atoms with Gasteiger partial charge in [0.25, 0.3) is 15.9 Å². The zero-order valence-electron chi connectivity index (χ0n) is 19.0. The maximum atomic E-state index is 12.7. The minimum atomic E-state index is -3.85. The minimum Gasteiger partial charge on any atom is -0.455 e. The lowest BCUT2D eigenvalue weighted by Crippen LogP contribution is -2.41. The molecule has 9 nitrogen and oxygen atoms in total. The molecule has 35 heavy (non-hydrogen) atoms. The van der Waals surface area contributed by atoms with Crippen LogP contribution in [0.2, 0.25) is 5.02 Å². The number of hydrazine groups is 1. The number of hydrogen-bond acceptors (Lipinski definition) is 6. The van der Waals surface area contributed by atoms with Crippen molar-refractivity contribution in [2.75, 3.05) is 0 Å². The van der Waals surface area contributed by atoms with Gasteiger partial charge in [0.05, 0.1) is 10.6 Å². The van der Waals surface area contributed by atoms with Crippen LogP contribution in [-0.2, 0) is 16.4 Å². The number of hydrazone groups is 1. The molecule has 1 aliphatic carbocycles. The predicted octanol–water partition coefficient (Wildman–Crippen LogP) is 3.64. The van der Waals surface area contributed by atoms with E-state index < -0.39 is 21.8 Å². The molecule has 4 rings (SSSR count). The highest BCUT2D eigenvalue weighted by atomic mass is 35.5. The predicted molar refractivity (Wildman–Crippen MR) is 131 cm³/mol. The Bertz CT molecular complexity index is 1410. The molecule has 0 saturated carbocycles. The Morgan fingerprint density at radius 1 is 0.943 bits per heavy atom. The fourth-order valence-corrected chi connectivity index (χ4v) is 4.68. The lowest BCUT2D eigenvalue weighted by Gasteiger charge is -2.14. The van der Waals surface area contributed by atoms with Crippen molar-refractivity contribution in [1.82, 2.24) is 15.7 Å². The summed E-state index contributed by atoms with van der Waals surface area (Å²) in [6.45, 7) is 3.56. The molecule has 0 spiro atoms. The standard InChI is InChI=1S/C24H23ClN4O5S/c1-14-6-12-18(13-7-14)35(32,33)29-26-19-4-3-5-20-21(19)15(2)22(34-20)24(31)28-27-23(30)16-8-10-17(25)11-9-16/h6-13,29H,3-5H2,1-2H3,(H,27,30)(H,28,31)/b26-19+. The normalized spacial score (nSPS) is 14.3. The molecule has 3 N–H and O–H groups in total. The quantitative estimate of drug-likeness (QED) is 0.447. The van der Waals surface area contributed by atoms with E-state index in [4.69, 9.17) is 16.0 Å². The van der Waals surface area contributed by atoms with Gasteiger partial charge >= 0.3 is 5.91 Å². The number of benzene rings is 2. The van der Waals surface area contributed by atoms with Crippen LogP contribution in [0.4, 0.5) is 0 Å². The van der Waals surface area contributed by atoms with E-state index in [1.807, 2.05) is 6.92 Å². The SMILES string of the molecule is Cc1ccc(S(=O)(=O)N/N=C2\CCCc3oc(C(=O)NNC(=O)c4ccc(Cl)cc4)c(C)c32)cc1. The smallest absolute Gasteiger partial charge is 0.305 e. The molecular weight excluding hydrogens is 492 g/mol. The van der Waals surface area contributed by atoms with E-state index in [1.54, 1.807) is 31.2 Å². The highest BCUT2D eigenvalue weighted by Gasteiger charge is 2.28. The zero-order valence-corrected chi connectivity index (χ0v) is 20.6. The first-order valence-corrected chi connectivity index (χ1v) is 12.7. The average molecular weight is 515 g/mol. The summed E-state index contributed by atoms with van der Waals surface area (Å²) in [6.07, 6.45) is 1.77. The van der Waals surface area contributed by atoms with Crippen molar-refractivity contribution in [1.29, 1.82) is 0 Å². The Kier molecular flexibility index (Phi) is 6.95. The number of carbonyl (C=O) groups is 2. The number of rotatable bonds is 5. The van der Waals surface area contributed by atoms with E-state index in [0.29, 0.717) is 52.4 Å². The van der Waals surface area contributed by atoms with Crippen LogP contribution in [0.3, 0.4) is 0 Å². The number of aryl methyl sites for hydroxylation is 2. The third kappa shape index (κ3) is 5.39. The molecular formula is C24H23ClN4O5S. The summed E-state index contributed by atoms with van der Waals surface area (Å²) in [7, 11) is -3.85. The van der Waals surface area contributed by atoms with Crippen LogP contribution in [0.25, 0.3) is 0 Å². The van der Waals surface area contributed by atoms with Gasteiger partial charge in [-0.15, -0.1) is 0 Å². The molecule has 0 radical (unpaired) electrons. The molecule has 0 fully saturated rings. The molecule has 0 bridgehead atoms. The van der Waals surface area contributed by atoms with Gasteiger partial charge in [0, 0.05) is 28.1 Å². The van der Waals surface area contributed by atoms with Crippen molar-refractivity contribution < 1.29 is 22.4 Å². The van der Waals surface area contributed by atoms with E-state index in [0.717, 1.165) is 5.56 Å². The number of sulfonamides is 1. The van der Waals surface area contributed by atoms with Crippen LogP contribution in [0.1, 0.15) is 56.2 Å². The summed E-state index contributed by atoms with van der Waals surface area (Å²) < 4.78 is 31.0. The van der Waals surface area contributed by atoms with Crippen molar-refractivity contribution in [3.63, 3.8) is 0 Å². The summed E-state index contributed by atoms with van der Waals surface area (Å²) in [5, 5.41) is 4.64. The van der Waals surface area contributed by atoms with Gasteiger partial charge in [0.15, 0.2) is 5.76 Å². The van der Waals surface area contributed by atoms with E-state index in [-0.39, 0.29) is 10.7 Å². The van der Waals surface area contributed by atoms with Crippen LogP contribution in [-0.4, -0.2) is 25.9 Å². The van der Waals surface area contributed by atoms with Gasteiger partial charge < -0.3 is 4.42 Å². The van der Waals surface area contributed by atoms with Crippen molar-refractivity contribution >= 4 is 39.2 Å². The van der Waals surface area contributed by atoms with Crippen LogP contribution in [0.5, 0.6) is 0 Å². The van der Waals surface area contributed by atoms with E-state index >= 15 is 0 Å². The Balaban J connectivity index is 1.50. The molecule has 0 aliphatic heterocycles. The average Bonchev–Trinajstić information content (AvgIpc) is 3.19. The number of halogens is 1. The fourth-order valence-electron chi connectivity index (χ4n) is 3.73. The lowest BCUT2D eigenvalue weighted by molar-refractivity contribution is 0.0829. The maximum absolute atomic E-state index is 12.7. The molecule has 0 saturated heterocycles. The Hall–Kier alpha value is -3.63. The van der Waals surface area contributed by atoms with Crippen LogP contribution < -0.4 is 15.7 Å². The Labute approximate surface area is 207 Å². The number of nitrogens with one attached hydrogen (secondary N) is 3.